The van der Waals surface area contributed by atoms with Crippen LogP contribution in [0.5, 0.6) is 0 Å². The number of rotatable bonds is 4. The topological polar surface area (TPSA) is 72.2 Å². The highest BCUT2D eigenvalue weighted by Gasteiger charge is 2.30. The maximum Gasteiger partial charge on any atom is 0.150 e. The Kier molecular flexibility index (Phi) is 4.25. The maximum absolute atomic E-state index is 11.4. The third kappa shape index (κ3) is 3.29. The van der Waals surface area contributed by atoms with Gasteiger partial charge in [0.2, 0.25) is 0 Å². The van der Waals surface area contributed by atoms with Gasteiger partial charge >= 0.3 is 0 Å². The molecule has 1 aromatic rings. The summed E-state index contributed by atoms with van der Waals surface area (Å²) in [7, 11) is -2.81. The van der Waals surface area contributed by atoms with Crippen LogP contribution < -0.4 is 11.3 Å². The van der Waals surface area contributed by atoms with Crippen LogP contribution in [-0.4, -0.2) is 19.9 Å². The van der Waals surface area contributed by atoms with Crippen LogP contribution in [0.1, 0.15) is 24.4 Å². The highest BCUT2D eigenvalue weighted by atomic mass is 79.9. The fourth-order valence-corrected chi connectivity index (χ4v) is 5.72. The fourth-order valence-electron chi connectivity index (χ4n) is 2.22. The Hall–Kier alpha value is 0.0500. The molecule has 2 rings (SSSR count). The second kappa shape index (κ2) is 5.36. The fraction of sp³-hybridized carbons (Fsp3) is 0.600. The Labute approximate surface area is 114 Å². The average molecular weight is 339 g/mol. The molecule has 1 aromatic heterocycles. The summed E-state index contributed by atoms with van der Waals surface area (Å²) in [6.07, 6.45) is 1.52. The van der Waals surface area contributed by atoms with Crippen molar-refractivity contribution >= 4 is 37.1 Å². The quantitative estimate of drug-likeness (QED) is 0.649. The Bertz CT molecular complexity index is 486. The van der Waals surface area contributed by atoms with E-state index in [1.54, 1.807) is 11.3 Å². The minimum absolute atomic E-state index is 0.0222. The number of nitrogens with two attached hydrogens (primary N) is 1. The molecule has 0 amide bonds. The Morgan fingerprint density at radius 1 is 1.59 bits per heavy atom. The molecule has 0 aromatic carbocycles. The molecule has 4 nitrogen and oxygen atoms in total. The van der Waals surface area contributed by atoms with Crippen LogP contribution in [0.4, 0.5) is 0 Å². The smallest absolute Gasteiger partial charge is 0.150 e. The third-order valence-corrected chi connectivity index (χ3v) is 6.70. The molecular formula is C10H15BrN2O2S2. The van der Waals surface area contributed by atoms with Gasteiger partial charge in [0.05, 0.1) is 11.5 Å². The molecule has 1 saturated heterocycles. The summed E-state index contributed by atoms with van der Waals surface area (Å²) in [5.41, 5.74) is 3.89. The normalized spacial score (nSPS) is 24.9. The molecule has 1 aliphatic rings. The Morgan fingerprint density at radius 3 is 2.82 bits per heavy atom. The molecule has 0 spiro atoms. The number of halogens is 1. The van der Waals surface area contributed by atoms with Gasteiger partial charge in [-0.05, 0) is 45.6 Å². The van der Waals surface area contributed by atoms with E-state index in [0.29, 0.717) is 11.5 Å². The average Bonchev–Trinajstić information content (AvgIpc) is 2.81. The van der Waals surface area contributed by atoms with E-state index in [4.69, 9.17) is 5.84 Å². The minimum Gasteiger partial charge on any atom is -0.271 e. The largest absolute Gasteiger partial charge is 0.271 e. The molecule has 0 aliphatic carbocycles. The summed E-state index contributed by atoms with van der Waals surface area (Å²) in [4.78, 5) is 0. The van der Waals surface area contributed by atoms with Gasteiger partial charge in [0, 0.05) is 15.9 Å². The number of thiophene rings is 1. The van der Waals surface area contributed by atoms with Crippen molar-refractivity contribution in [3.63, 3.8) is 0 Å². The molecule has 3 N–H and O–H groups in total. The van der Waals surface area contributed by atoms with Crippen molar-refractivity contribution in [1.82, 2.24) is 5.43 Å². The summed E-state index contributed by atoms with van der Waals surface area (Å²) in [5, 5.41) is 4.04. The lowest BCUT2D eigenvalue weighted by Gasteiger charge is -2.18. The zero-order chi connectivity index (χ0) is 12.5. The maximum atomic E-state index is 11.4. The number of hydrazine groups is 1. The molecule has 2 heterocycles. The van der Waals surface area contributed by atoms with Crippen LogP contribution in [0.25, 0.3) is 0 Å². The van der Waals surface area contributed by atoms with E-state index in [0.717, 1.165) is 22.9 Å². The van der Waals surface area contributed by atoms with Crippen LogP contribution in [0.2, 0.25) is 0 Å². The van der Waals surface area contributed by atoms with Crippen molar-refractivity contribution in [2.24, 2.45) is 11.8 Å². The van der Waals surface area contributed by atoms with Gasteiger partial charge < -0.3 is 0 Å². The molecule has 0 bridgehead atoms. The summed E-state index contributed by atoms with van der Waals surface area (Å²) >= 11 is 5.08. The van der Waals surface area contributed by atoms with Crippen LogP contribution >= 0.6 is 27.3 Å². The predicted octanol–water partition coefficient (Wildman–Crippen LogP) is 1.84. The lowest BCUT2D eigenvalue weighted by molar-refractivity contribution is 0.421. The predicted molar refractivity (Wildman–Crippen MR) is 73.5 cm³/mol. The van der Waals surface area contributed by atoms with Crippen molar-refractivity contribution in [2.45, 2.75) is 18.9 Å². The van der Waals surface area contributed by atoms with Gasteiger partial charge in [-0.25, -0.2) is 8.42 Å². The van der Waals surface area contributed by atoms with Crippen LogP contribution in [0.3, 0.4) is 0 Å². The molecule has 2 atom stereocenters. The minimum atomic E-state index is -2.81. The van der Waals surface area contributed by atoms with Gasteiger partial charge in [-0.15, -0.1) is 0 Å². The monoisotopic (exact) mass is 338 g/mol. The first kappa shape index (κ1) is 13.5. The molecule has 1 aliphatic heterocycles. The highest BCUT2D eigenvalue weighted by molar-refractivity contribution is 9.10. The SMILES string of the molecule is NNC(CC1CCS(=O)(=O)C1)c1cscc1Br. The van der Waals surface area contributed by atoms with Crippen molar-refractivity contribution in [3.05, 3.63) is 20.8 Å². The second-order valence-electron chi connectivity index (χ2n) is 4.40. The van der Waals surface area contributed by atoms with E-state index in [1.165, 1.54) is 0 Å². The molecule has 0 radical (unpaired) electrons. The highest BCUT2D eigenvalue weighted by Crippen LogP contribution is 2.33. The van der Waals surface area contributed by atoms with Gasteiger partial charge in [-0.1, -0.05) is 0 Å². The number of hydrogen-bond donors (Lipinski definition) is 2. The lowest BCUT2D eigenvalue weighted by Crippen LogP contribution is -2.29. The standard InChI is InChI=1S/C10H15BrN2O2S2/c11-9-5-16-4-8(9)10(13-12)3-7-1-2-17(14,15)6-7/h4-5,7,10,13H,1-3,6,12H2. The van der Waals surface area contributed by atoms with Crippen LogP contribution in [0, 0.1) is 5.92 Å². The molecule has 0 saturated carbocycles. The summed E-state index contributed by atoms with van der Waals surface area (Å²) in [5.74, 6) is 6.40. The van der Waals surface area contributed by atoms with Crippen molar-refractivity contribution < 1.29 is 8.42 Å². The van der Waals surface area contributed by atoms with Gasteiger partial charge in [0.1, 0.15) is 0 Å². The first-order valence-corrected chi connectivity index (χ1v) is 8.95. The van der Waals surface area contributed by atoms with E-state index < -0.39 is 9.84 Å². The summed E-state index contributed by atoms with van der Waals surface area (Å²) in [6, 6.07) is 0.0222. The zero-order valence-electron chi connectivity index (χ0n) is 9.23. The van der Waals surface area contributed by atoms with Crippen LogP contribution in [-0.2, 0) is 9.84 Å². The summed E-state index contributed by atoms with van der Waals surface area (Å²) in [6.45, 7) is 0. The van der Waals surface area contributed by atoms with Gasteiger partial charge in [0.25, 0.3) is 0 Å². The van der Waals surface area contributed by atoms with Crippen molar-refractivity contribution in [1.29, 1.82) is 0 Å². The molecule has 17 heavy (non-hydrogen) atoms. The molecule has 7 heteroatoms. The first-order valence-electron chi connectivity index (χ1n) is 5.40. The second-order valence-corrected chi connectivity index (χ2v) is 8.23. The van der Waals surface area contributed by atoms with E-state index in [1.807, 2.05) is 10.8 Å². The zero-order valence-corrected chi connectivity index (χ0v) is 12.4. The molecular weight excluding hydrogens is 324 g/mol. The summed E-state index contributed by atoms with van der Waals surface area (Å²) < 4.78 is 23.8. The Balaban J connectivity index is 2.04. The van der Waals surface area contributed by atoms with Gasteiger partial charge in [0.15, 0.2) is 9.84 Å². The Morgan fingerprint density at radius 2 is 2.35 bits per heavy atom. The van der Waals surface area contributed by atoms with Crippen molar-refractivity contribution in [2.75, 3.05) is 11.5 Å². The lowest BCUT2D eigenvalue weighted by atomic mass is 9.96. The van der Waals surface area contributed by atoms with E-state index in [2.05, 4.69) is 21.4 Å². The number of sulfone groups is 1. The third-order valence-electron chi connectivity index (χ3n) is 3.11. The molecule has 96 valence electrons. The van der Waals surface area contributed by atoms with E-state index in [-0.39, 0.29) is 12.0 Å². The number of nitrogens with one attached hydrogen (secondary N) is 1. The van der Waals surface area contributed by atoms with Crippen molar-refractivity contribution in [3.8, 4) is 0 Å². The van der Waals surface area contributed by atoms with Crippen LogP contribution in [0.15, 0.2) is 15.2 Å². The first-order chi connectivity index (χ1) is 8.02. The van der Waals surface area contributed by atoms with E-state index >= 15 is 0 Å². The van der Waals surface area contributed by atoms with Gasteiger partial charge in [-0.2, -0.15) is 11.3 Å². The molecule has 2 unspecified atom stereocenters. The van der Waals surface area contributed by atoms with E-state index in [9.17, 15) is 8.42 Å². The molecule has 1 fully saturated rings. The van der Waals surface area contributed by atoms with Gasteiger partial charge in [-0.3, -0.25) is 11.3 Å². The number of hydrogen-bond acceptors (Lipinski definition) is 5.